The van der Waals surface area contributed by atoms with E-state index in [1.807, 2.05) is 30.3 Å². The minimum absolute atomic E-state index is 0.0561. The van der Waals surface area contributed by atoms with E-state index >= 15 is 0 Å². The minimum atomic E-state index is -1.19. The summed E-state index contributed by atoms with van der Waals surface area (Å²) in [5.41, 5.74) is 12.6. The Morgan fingerprint density at radius 1 is 0.688 bits per heavy atom. The molecule has 0 aromatic heterocycles. The molecule has 0 aliphatic heterocycles. The van der Waals surface area contributed by atoms with Gasteiger partial charge in [-0.1, -0.05) is 49.4 Å². The van der Waals surface area contributed by atoms with Crippen LogP contribution in [0.2, 0.25) is 0 Å². The van der Waals surface area contributed by atoms with Crippen molar-refractivity contribution >= 4 is 35.6 Å². The number of hydrazine groups is 1. The molecule has 1 atom stereocenters. The molecule has 2 rings (SSSR count). The monoisotopic (exact) mass is 671 g/mol. The van der Waals surface area contributed by atoms with Gasteiger partial charge in [0.2, 0.25) is 5.91 Å². The van der Waals surface area contributed by atoms with Gasteiger partial charge in [0.25, 0.3) is 11.8 Å². The van der Waals surface area contributed by atoms with Crippen LogP contribution < -0.4 is 21.9 Å². The molecule has 0 spiro atoms. The number of aryl methyl sites for hydroxylation is 1. The van der Waals surface area contributed by atoms with Crippen molar-refractivity contribution in [2.75, 3.05) is 58.9 Å². The Bertz CT molecular complexity index is 1340. The molecule has 16 heteroatoms. The van der Waals surface area contributed by atoms with E-state index < -0.39 is 48.9 Å². The number of aliphatic carboxylic acids is 3. The highest BCUT2D eigenvalue weighted by molar-refractivity contribution is 5.95. The van der Waals surface area contributed by atoms with Gasteiger partial charge in [-0.3, -0.25) is 54.3 Å². The number of nitrogens with one attached hydrogen (secondary N) is 3. The summed E-state index contributed by atoms with van der Waals surface area (Å²) in [5, 5.41) is 30.2. The summed E-state index contributed by atoms with van der Waals surface area (Å²) in [6, 6.07) is 15.1. The molecule has 2 aromatic rings. The molecule has 2 aromatic carbocycles. The average Bonchev–Trinajstić information content (AvgIpc) is 3.05. The number of carboxylic acid groups (broad SMARTS) is 3. The van der Waals surface area contributed by atoms with Crippen molar-refractivity contribution in [3.05, 3.63) is 71.3 Å². The first-order valence-corrected chi connectivity index (χ1v) is 15.4. The predicted octanol–water partition coefficient (Wildman–Crippen LogP) is -0.796. The first-order valence-electron chi connectivity index (χ1n) is 15.4. The number of carbonyl (C=O) groups excluding carboxylic acids is 3. The van der Waals surface area contributed by atoms with Crippen molar-refractivity contribution in [3.63, 3.8) is 0 Å². The van der Waals surface area contributed by atoms with E-state index in [9.17, 15) is 28.8 Å². The lowest BCUT2D eigenvalue weighted by atomic mass is 10.1. The van der Waals surface area contributed by atoms with Gasteiger partial charge < -0.3 is 26.4 Å². The standard InChI is InChI=1S/C32H45N7O9/c1-2-37(20-28(41)42)14-15-38(16-17-39(21-29(43)44)22-30(45)46)19-27(40)34-18-24-8-11-25(12-9-24)31(47)35-36-32(48)26(33)13-10-23-6-4-3-5-7-23/h3-9,11-12,26H,2,10,13-22,33H2,1H3,(H,34,40)(H,35,47)(H,36,48)(H,41,42)(H,43,44)(H,45,46)/t26-/m1/s1. The van der Waals surface area contributed by atoms with E-state index in [-0.39, 0.29) is 50.7 Å². The summed E-state index contributed by atoms with van der Waals surface area (Å²) in [7, 11) is 0. The SMILES string of the molecule is CCN(CCN(CCN(CC(=O)O)CC(=O)O)CC(=O)NCc1ccc(C(=O)NNC(=O)[C@H](N)CCc2ccccc2)cc1)CC(=O)O. The second-order valence-electron chi connectivity index (χ2n) is 11.1. The zero-order valence-corrected chi connectivity index (χ0v) is 27.0. The number of benzene rings is 2. The number of nitrogens with zero attached hydrogens (tertiary/aromatic N) is 3. The highest BCUT2D eigenvalue weighted by Crippen LogP contribution is 2.06. The summed E-state index contributed by atoms with van der Waals surface area (Å²) < 4.78 is 0. The third-order valence-corrected chi connectivity index (χ3v) is 7.28. The van der Waals surface area contributed by atoms with Crippen LogP contribution in [0.4, 0.5) is 0 Å². The highest BCUT2D eigenvalue weighted by atomic mass is 16.4. The van der Waals surface area contributed by atoms with E-state index in [0.29, 0.717) is 31.5 Å². The van der Waals surface area contributed by atoms with Crippen LogP contribution in [0.1, 0.15) is 34.8 Å². The van der Waals surface area contributed by atoms with Crippen molar-refractivity contribution < 1.29 is 44.1 Å². The van der Waals surface area contributed by atoms with Gasteiger partial charge in [-0.25, -0.2) is 0 Å². The van der Waals surface area contributed by atoms with Gasteiger partial charge in [-0.15, -0.1) is 0 Å². The molecular weight excluding hydrogens is 626 g/mol. The lowest BCUT2D eigenvalue weighted by molar-refractivity contribution is -0.142. The quantitative estimate of drug-likeness (QED) is 0.0761. The third-order valence-electron chi connectivity index (χ3n) is 7.28. The van der Waals surface area contributed by atoms with Gasteiger partial charge in [0.1, 0.15) is 0 Å². The second-order valence-corrected chi connectivity index (χ2v) is 11.1. The topological polar surface area (TPSA) is 235 Å². The smallest absolute Gasteiger partial charge is 0.317 e. The van der Waals surface area contributed by atoms with Crippen LogP contribution in [0.15, 0.2) is 54.6 Å². The summed E-state index contributed by atoms with van der Waals surface area (Å²) >= 11 is 0. The lowest BCUT2D eigenvalue weighted by Crippen LogP contribution is -2.49. The summed E-state index contributed by atoms with van der Waals surface area (Å²) in [6.45, 7) is 1.93. The van der Waals surface area contributed by atoms with Crippen LogP contribution in [-0.2, 0) is 36.9 Å². The van der Waals surface area contributed by atoms with Crippen LogP contribution in [0.25, 0.3) is 0 Å². The number of amides is 3. The van der Waals surface area contributed by atoms with Crippen molar-refractivity contribution in [1.29, 1.82) is 0 Å². The minimum Gasteiger partial charge on any atom is -0.480 e. The molecule has 262 valence electrons. The summed E-state index contributed by atoms with van der Waals surface area (Å²) in [4.78, 5) is 75.8. The molecule has 0 heterocycles. The second kappa shape index (κ2) is 21.1. The Morgan fingerprint density at radius 2 is 1.23 bits per heavy atom. The van der Waals surface area contributed by atoms with Crippen molar-refractivity contribution in [3.8, 4) is 0 Å². The van der Waals surface area contributed by atoms with E-state index in [1.165, 1.54) is 17.0 Å². The van der Waals surface area contributed by atoms with Gasteiger partial charge in [-0.2, -0.15) is 0 Å². The summed E-state index contributed by atoms with van der Waals surface area (Å²) in [5.74, 6) is -4.81. The zero-order chi connectivity index (χ0) is 35.5. The number of likely N-dealkylation sites (N-methyl/N-ethyl adjacent to an activating group) is 1. The van der Waals surface area contributed by atoms with E-state index in [1.54, 1.807) is 28.9 Å². The molecule has 8 N–H and O–H groups in total. The van der Waals surface area contributed by atoms with Crippen LogP contribution >= 0.6 is 0 Å². The number of rotatable bonds is 22. The van der Waals surface area contributed by atoms with Gasteiger partial charge in [0, 0.05) is 38.3 Å². The highest BCUT2D eigenvalue weighted by Gasteiger charge is 2.19. The first kappa shape index (κ1) is 39.3. The Balaban J connectivity index is 1.88. The van der Waals surface area contributed by atoms with Crippen LogP contribution in [-0.4, -0.2) is 131 Å². The Morgan fingerprint density at radius 3 is 1.79 bits per heavy atom. The number of hydrogen-bond donors (Lipinski definition) is 7. The molecule has 0 radical (unpaired) electrons. The maximum absolute atomic E-state index is 12.8. The molecule has 0 bridgehead atoms. The van der Waals surface area contributed by atoms with Gasteiger partial charge >= 0.3 is 17.9 Å². The van der Waals surface area contributed by atoms with E-state index in [4.69, 9.17) is 21.1 Å². The van der Waals surface area contributed by atoms with Crippen molar-refractivity contribution in [1.82, 2.24) is 30.9 Å². The zero-order valence-electron chi connectivity index (χ0n) is 27.0. The number of carbonyl (C=O) groups is 6. The normalized spacial score (nSPS) is 11.7. The first-order chi connectivity index (χ1) is 22.9. The van der Waals surface area contributed by atoms with Gasteiger partial charge in [0.15, 0.2) is 0 Å². The molecule has 0 saturated carbocycles. The fourth-order valence-electron chi connectivity index (χ4n) is 4.59. The molecular formula is C32H45N7O9. The van der Waals surface area contributed by atoms with Gasteiger partial charge in [-0.05, 0) is 42.6 Å². The van der Waals surface area contributed by atoms with E-state index in [0.717, 1.165) is 5.56 Å². The molecule has 48 heavy (non-hydrogen) atoms. The molecule has 0 aliphatic rings. The third kappa shape index (κ3) is 16.1. The molecule has 0 aliphatic carbocycles. The van der Waals surface area contributed by atoms with Crippen molar-refractivity contribution in [2.24, 2.45) is 5.73 Å². The van der Waals surface area contributed by atoms with Crippen LogP contribution in [0.5, 0.6) is 0 Å². The fourth-order valence-corrected chi connectivity index (χ4v) is 4.59. The fraction of sp³-hybridized carbons (Fsp3) is 0.438. The van der Waals surface area contributed by atoms with Gasteiger partial charge in [0.05, 0.1) is 32.2 Å². The van der Waals surface area contributed by atoms with Crippen LogP contribution in [0, 0.1) is 0 Å². The Labute approximate surface area is 278 Å². The largest absolute Gasteiger partial charge is 0.480 e. The summed E-state index contributed by atoms with van der Waals surface area (Å²) in [6.07, 6.45) is 1.02. The average molecular weight is 672 g/mol. The lowest BCUT2D eigenvalue weighted by Gasteiger charge is -2.28. The van der Waals surface area contributed by atoms with Crippen LogP contribution in [0.3, 0.4) is 0 Å². The molecule has 0 unspecified atom stereocenters. The molecule has 16 nitrogen and oxygen atoms in total. The molecule has 3 amide bonds. The molecule has 0 fully saturated rings. The maximum Gasteiger partial charge on any atom is 0.317 e. The Hall–Kier alpha value is -4.90. The molecule has 0 saturated heterocycles. The maximum atomic E-state index is 12.8. The number of carboxylic acids is 3. The number of hydrogen-bond acceptors (Lipinski definition) is 10. The van der Waals surface area contributed by atoms with E-state index in [2.05, 4.69) is 16.2 Å². The number of nitrogens with two attached hydrogens (primary N) is 1. The predicted molar refractivity (Wildman–Crippen MR) is 175 cm³/mol. The van der Waals surface area contributed by atoms with Crippen molar-refractivity contribution in [2.45, 2.75) is 32.4 Å². The Kier molecular flexibility index (Phi) is 17.2.